The maximum Gasteiger partial charge on any atom is 0.320 e. The average Bonchev–Trinajstić information content (AvgIpc) is 2.02. The third-order valence-corrected chi connectivity index (χ3v) is 3.46. The van der Waals surface area contributed by atoms with Gasteiger partial charge in [0.15, 0.2) is 0 Å². The van der Waals surface area contributed by atoms with Gasteiger partial charge < -0.3 is 8.85 Å². The molecule has 0 aliphatic rings. The first-order chi connectivity index (χ1) is 6.22. The van der Waals surface area contributed by atoms with Gasteiger partial charge in [-0.05, 0) is 34.2 Å². The monoisotopic (exact) mass is 210 g/mol. The lowest BCUT2D eigenvalue weighted by Crippen LogP contribution is -2.38. The highest BCUT2D eigenvalue weighted by Gasteiger charge is 2.25. The molecule has 0 saturated heterocycles. The summed E-state index contributed by atoms with van der Waals surface area (Å²) in [5, 5.41) is 0. The topological polar surface area (TPSA) is 18.5 Å². The van der Waals surface area contributed by atoms with Crippen molar-refractivity contribution in [3.05, 3.63) is 0 Å². The maximum absolute atomic E-state index is 5.61. The molecule has 78 valence electrons. The molecule has 0 aromatic carbocycles. The third kappa shape index (κ3) is 5.09. The Bertz CT molecular complexity index is 240. The van der Waals surface area contributed by atoms with Crippen LogP contribution in [0, 0.1) is 24.7 Å². The molecule has 0 bridgehead atoms. The summed E-state index contributed by atoms with van der Waals surface area (Å²) in [6, 6.07) is 0. The highest BCUT2D eigenvalue weighted by atomic mass is 28.3. The predicted molar refractivity (Wildman–Crippen MR) is 61.0 cm³/mol. The van der Waals surface area contributed by atoms with Crippen molar-refractivity contribution in [2.24, 2.45) is 0 Å². The van der Waals surface area contributed by atoms with Crippen LogP contribution in [0.3, 0.4) is 0 Å². The van der Waals surface area contributed by atoms with Gasteiger partial charge in [-0.3, -0.25) is 0 Å². The zero-order valence-electron chi connectivity index (χ0n) is 9.55. The Morgan fingerprint density at radius 1 is 0.929 bits per heavy atom. The average molecular weight is 210 g/mol. The fourth-order valence-corrected chi connectivity index (χ4v) is 2.77. The molecule has 0 atom stereocenters. The number of rotatable bonds is 4. The predicted octanol–water partition coefficient (Wildman–Crippen LogP) is 1.69. The van der Waals surface area contributed by atoms with Crippen LogP contribution in [0.25, 0.3) is 0 Å². The van der Waals surface area contributed by atoms with Crippen LogP contribution in [0.2, 0.25) is 6.55 Å². The van der Waals surface area contributed by atoms with E-state index in [1.165, 1.54) is 0 Å². The van der Waals surface area contributed by atoms with Crippen LogP contribution in [-0.4, -0.2) is 20.5 Å². The van der Waals surface area contributed by atoms with Gasteiger partial charge in [-0.2, -0.15) is 0 Å². The van der Waals surface area contributed by atoms with E-state index in [1.54, 1.807) is 0 Å². The lowest BCUT2D eigenvalue weighted by Gasteiger charge is -2.28. The summed E-state index contributed by atoms with van der Waals surface area (Å²) in [5.41, 5.74) is -1.15. The van der Waals surface area contributed by atoms with Crippen molar-refractivity contribution in [3.8, 4) is 24.7 Å². The molecule has 0 aliphatic heterocycles. The highest BCUT2D eigenvalue weighted by molar-refractivity contribution is 6.42. The summed E-state index contributed by atoms with van der Waals surface area (Å²) in [4.78, 5) is 0. The van der Waals surface area contributed by atoms with Crippen LogP contribution >= 0.6 is 0 Å². The second-order valence-corrected chi connectivity index (χ2v) is 5.72. The van der Waals surface area contributed by atoms with Crippen molar-refractivity contribution >= 4 is 9.28 Å². The van der Waals surface area contributed by atoms with Gasteiger partial charge in [0.2, 0.25) is 0 Å². The number of terminal acetylenes is 2. The van der Waals surface area contributed by atoms with E-state index >= 15 is 0 Å². The van der Waals surface area contributed by atoms with Crippen molar-refractivity contribution in [2.45, 2.75) is 45.4 Å². The Balaban J connectivity index is 4.22. The molecule has 3 heteroatoms. The van der Waals surface area contributed by atoms with Crippen LogP contribution in [0.5, 0.6) is 0 Å². The van der Waals surface area contributed by atoms with Gasteiger partial charge in [0, 0.05) is 0 Å². The summed E-state index contributed by atoms with van der Waals surface area (Å²) in [6.07, 6.45) is 10.6. The molecule has 0 heterocycles. The molecule has 0 radical (unpaired) electrons. The first-order valence-corrected chi connectivity index (χ1v) is 6.63. The van der Waals surface area contributed by atoms with Crippen LogP contribution < -0.4 is 0 Å². The molecule has 0 aromatic rings. The summed E-state index contributed by atoms with van der Waals surface area (Å²) in [5.74, 6) is 5.11. The standard InChI is InChI=1S/C11H18O2Si/c1-8-10(3,4)12-14(7)13-11(5,6)9-2/h1-2,14H,3-7H3. The van der Waals surface area contributed by atoms with Crippen LogP contribution in [-0.2, 0) is 8.85 Å². The van der Waals surface area contributed by atoms with Crippen LogP contribution in [0.1, 0.15) is 27.7 Å². The molecular weight excluding hydrogens is 192 g/mol. The van der Waals surface area contributed by atoms with E-state index in [0.717, 1.165) is 0 Å². The zero-order chi connectivity index (χ0) is 11.4. The van der Waals surface area contributed by atoms with Crippen molar-refractivity contribution in [2.75, 3.05) is 0 Å². The van der Waals surface area contributed by atoms with Crippen molar-refractivity contribution in [1.82, 2.24) is 0 Å². The summed E-state index contributed by atoms with van der Waals surface area (Å²) >= 11 is 0. The normalized spacial score (nSPS) is 12.3. The zero-order valence-corrected chi connectivity index (χ0v) is 10.7. The number of hydrogen-bond acceptors (Lipinski definition) is 2. The Labute approximate surface area is 88.8 Å². The van der Waals surface area contributed by atoms with Crippen molar-refractivity contribution < 1.29 is 8.85 Å². The molecule has 0 rings (SSSR count). The summed E-state index contributed by atoms with van der Waals surface area (Å²) in [7, 11) is -1.77. The van der Waals surface area contributed by atoms with E-state index in [1.807, 2.05) is 34.2 Å². The molecule has 0 fully saturated rings. The van der Waals surface area contributed by atoms with Crippen LogP contribution in [0.15, 0.2) is 0 Å². The molecular formula is C11H18O2Si. The Morgan fingerprint density at radius 2 is 1.21 bits per heavy atom. The van der Waals surface area contributed by atoms with E-state index in [-0.39, 0.29) is 0 Å². The molecule has 0 unspecified atom stereocenters. The largest absolute Gasteiger partial charge is 0.380 e. The third-order valence-electron chi connectivity index (χ3n) is 1.62. The smallest absolute Gasteiger partial charge is 0.320 e. The molecule has 0 saturated carbocycles. The number of hydrogen-bond donors (Lipinski definition) is 0. The SMILES string of the molecule is C#CC(C)(C)O[SiH](C)OC(C)(C)C#C. The van der Waals surface area contributed by atoms with Gasteiger partial charge in [0.25, 0.3) is 0 Å². The fourth-order valence-electron chi connectivity index (χ4n) is 0.922. The Morgan fingerprint density at radius 3 is 1.43 bits per heavy atom. The van der Waals surface area contributed by atoms with Gasteiger partial charge >= 0.3 is 9.28 Å². The van der Waals surface area contributed by atoms with E-state index in [9.17, 15) is 0 Å². The summed E-state index contributed by atoms with van der Waals surface area (Å²) in [6.45, 7) is 9.26. The van der Waals surface area contributed by atoms with Gasteiger partial charge in [-0.25, -0.2) is 0 Å². The van der Waals surface area contributed by atoms with Crippen molar-refractivity contribution in [3.63, 3.8) is 0 Å². The van der Waals surface area contributed by atoms with E-state index in [0.29, 0.717) is 0 Å². The minimum Gasteiger partial charge on any atom is -0.380 e. The molecule has 0 spiro atoms. The molecule has 2 nitrogen and oxygen atoms in total. The van der Waals surface area contributed by atoms with E-state index in [4.69, 9.17) is 21.7 Å². The lowest BCUT2D eigenvalue weighted by atomic mass is 10.2. The Kier molecular flexibility index (Phi) is 4.41. The quantitative estimate of drug-likeness (QED) is 0.519. The van der Waals surface area contributed by atoms with E-state index in [2.05, 4.69) is 11.8 Å². The first kappa shape index (κ1) is 13.3. The maximum atomic E-state index is 5.61. The second kappa shape index (κ2) is 4.66. The minimum absolute atomic E-state index is 0.573. The van der Waals surface area contributed by atoms with Gasteiger partial charge in [-0.1, -0.05) is 11.8 Å². The van der Waals surface area contributed by atoms with Crippen LogP contribution in [0.4, 0.5) is 0 Å². The molecule has 0 aromatic heterocycles. The second-order valence-electron chi connectivity index (χ2n) is 4.11. The van der Waals surface area contributed by atoms with Gasteiger partial charge in [-0.15, -0.1) is 12.8 Å². The fraction of sp³-hybridized carbons (Fsp3) is 0.636. The molecule has 0 N–H and O–H groups in total. The van der Waals surface area contributed by atoms with Crippen molar-refractivity contribution in [1.29, 1.82) is 0 Å². The Hall–Kier alpha value is -0.743. The van der Waals surface area contributed by atoms with Gasteiger partial charge in [0.05, 0.1) is 0 Å². The highest BCUT2D eigenvalue weighted by Crippen LogP contribution is 2.14. The summed E-state index contributed by atoms with van der Waals surface area (Å²) < 4.78 is 11.2. The lowest BCUT2D eigenvalue weighted by molar-refractivity contribution is 0.0726. The van der Waals surface area contributed by atoms with E-state index < -0.39 is 20.5 Å². The minimum atomic E-state index is -1.77. The van der Waals surface area contributed by atoms with Gasteiger partial charge in [0.1, 0.15) is 11.2 Å². The first-order valence-electron chi connectivity index (χ1n) is 4.53. The molecule has 0 aliphatic carbocycles. The molecule has 14 heavy (non-hydrogen) atoms. The molecule has 0 amide bonds.